The Bertz CT molecular complexity index is 962. The minimum Gasteiger partial charge on any atom is -0.468 e. The molecule has 3 rings (SSSR count). The third kappa shape index (κ3) is 4.08. The van der Waals surface area contributed by atoms with E-state index in [1.54, 1.807) is 13.8 Å². The molecule has 0 bridgehead atoms. The first-order chi connectivity index (χ1) is 14.1. The molecule has 30 heavy (non-hydrogen) atoms. The predicted molar refractivity (Wildman–Crippen MR) is 115 cm³/mol. The Morgan fingerprint density at radius 1 is 1.27 bits per heavy atom. The summed E-state index contributed by atoms with van der Waals surface area (Å²) in [5.41, 5.74) is 2.99. The number of hydrogen-bond donors (Lipinski definition) is 1. The number of hydrogen-bond acceptors (Lipinski definition) is 6. The van der Waals surface area contributed by atoms with Crippen LogP contribution in [0, 0.1) is 11.8 Å². The number of esters is 2. The van der Waals surface area contributed by atoms with E-state index in [0.29, 0.717) is 23.3 Å². The van der Waals surface area contributed by atoms with Crippen molar-refractivity contribution in [2.75, 3.05) is 7.11 Å². The Morgan fingerprint density at radius 2 is 1.97 bits per heavy atom. The van der Waals surface area contributed by atoms with E-state index in [0.717, 1.165) is 15.7 Å². The second-order valence-electron chi connectivity index (χ2n) is 8.04. The van der Waals surface area contributed by atoms with Crippen LogP contribution in [0.2, 0.25) is 0 Å². The van der Waals surface area contributed by atoms with E-state index in [1.165, 1.54) is 7.11 Å². The highest BCUT2D eigenvalue weighted by atomic mass is 79.9. The van der Waals surface area contributed by atoms with E-state index in [2.05, 4.69) is 21.2 Å². The van der Waals surface area contributed by atoms with Gasteiger partial charge in [0.15, 0.2) is 5.78 Å². The lowest BCUT2D eigenvalue weighted by atomic mass is 9.69. The highest BCUT2D eigenvalue weighted by Crippen LogP contribution is 2.45. The van der Waals surface area contributed by atoms with E-state index in [9.17, 15) is 14.4 Å². The fourth-order valence-corrected chi connectivity index (χ4v) is 4.67. The Hall–Kier alpha value is -2.41. The maximum absolute atomic E-state index is 13.6. The van der Waals surface area contributed by atoms with E-state index in [4.69, 9.17) is 9.47 Å². The number of allylic oxidation sites excluding steroid dienone is 3. The number of benzene rings is 1. The average molecular weight is 476 g/mol. The van der Waals surface area contributed by atoms with Crippen LogP contribution in [0.5, 0.6) is 0 Å². The fourth-order valence-electron chi connectivity index (χ4n) is 4.25. The molecule has 1 N–H and O–H groups in total. The monoisotopic (exact) mass is 475 g/mol. The van der Waals surface area contributed by atoms with Crippen molar-refractivity contribution in [1.29, 1.82) is 0 Å². The highest BCUT2D eigenvalue weighted by molar-refractivity contribution is 9.10. The molecule has 0 radical (unpaired) electrons. The van der Waals surface area contributed by atoms with Gasteiger partial charge < -0.3 is 14.8 Å². The number of methoxy groups -OCH3 is 1. The van der Waals surface area contributed by atoms with Gasteiger partial charge in [0.05, 0.1) is 18.8 Å². The minimum atomic E-state index is -0.897. The van der Waals surface area contributed by atoms with Crippen LogP contribution in [0.4, 0.5) is 0 Å². The van der Waals surface area contributed by atoms with E-state index in [1.807, 2.05) is 38.1 Å². The summed E-state index contributed by atoms with van der Waals surface area (Å²) >= 11 is 3.48. The van der Waals surface area contributed by atoms with Crippen LogP contribution in [-0.4, -0.2) is 30.9 Å². The quantitative estimate of drug-likeness (QED) is 0.523. The molecule has 2 aliphatic rings. The van der Waals surface area contributed by atoms with Crippen molar-refractivity contribution >= 4 is 33.7 Å². The van der Waals surface area contributed by atoms with Crippen molar-refractivity contribution in [1.82, 2.24) is 5.32 Å². The van der Waals surface area contributed by atoms with E-state index >= 15 is 0 Å². The molecule has 1 aliphatic carbocycles. The Labute approximate surface area is 184 Å². The summed E-state index contributed by atoms with van der Waals surface area (Å²) in [5.74, 6) is -3.08. The molecule has 160 valence electrons. The average Bonchev–Trinajstić information content (AvgIpc) is 2.65. The van der Waals surface area contributed by atoms with Crippen LogP contribution in [0.25, 0.3) is 0 Å². The summed E-state index contributed by atoms with van der Waals surface area (Å²) < 4.78 is 11.2. The molecule has 0 spiro atoms. The topological polar surface area (TPSA) is 81.7 Å². The van der Waals surface area contributed by atoms with Gasteiger partial charge in [0.25, 0.3) is 0 Å². The third-order valence-electron chi connectivity index (χ3n) is 5.49. The van der Waals surface area contributed by atoms with E-state index < -0.39 is 23.8 Å². The van der Waals surface area contributed by atoms with Crippen molar-refractivity contribution in [3.63, 3.8) is 0 Å². The molecule has 0 saturated carbocycles. The number of dihydropyridines is 1. The zero-order valence-corrected chi connectivity index (χ0v) is 19.3. The largest absolute Gasteiger partial charge is 0.468 e. The van der Waals surface area contributed by atoms with Gasteiger partial charge in [-0.2, -0.15) is 0 Å². The number of ether oxygens (including phenoxy) is 2. The number of halogens is 1. The molecule has 6 nitrogen and oxygen atoms in total. The normalized spacial score (nSPS) is 23.8. The zero-order valence-electron chi connectivity index (χ0n) is 17.7. The summed E-state index contributed by atoms with van der Waals surface area (Å²) in [7, 11) is 1.28. The molecular weight excluding hydrogens is 450 g/mol. The number of nitrogens with one attached hydrogen (secondary N) is 1. The first-order valence-corrected chi connectivity index (χ1v) is 10.7. The van der Waals surface area contributed by atoms with Crippen molar-refractivity contribution in [2.24, 2.45) is 11.8 Å². The smallest absolute Gasteiger partial charge is 0.337 e. The summed E-state index contributed by atoms with van der Waals surface area (Å²) in [6, 6.07) is 7.50. The van der Waals surface area contributed by atoms with Crippen LogP contribution in [0.3, 0.4) is 0 Å². The number of carbonyl (C=O) groups excluding carboxylic acids is 3. The van der Waals surface area contributed by atoms with Gasteiger partial charge >= 0.3 is 11.9 Å². The second kappa shape index (κ2) is 8.76. The minimum absolute atomic E-state index is 0.212. The van der Waals surface area contributed by atoms with Crippen LogP contribution in [-0.2, 0) is 23.9 Å². The van der Waals surface area contributed by atoms with E-state index in [-0.39, 0.29) is 17.8 Å². The van der Waals surface area contributed by atoms with Crippen molar-refractivity contribution in [3.8, 4) is 0 Å². The fraction of sp³-hybridized carbons (Fsp3) is 0.435. The summed E-state index contributed by atoms with van der Waals surface area (Å²) in [4.78, 5) is 39.0. The molecule has 0 saturated heterocycles. The zero-order chi connectivity index (χ0) is 22.2. The molecule has 3 atom stereocenters. The molecule has 0 fully saturated rings. The SMILES string of the molecule is COC(=O)[C@@H]1C(=O)C2=C(C[C@H]1C)NC(C)=C(C(=O)OC(C)C)[C@@H]2c1cccc(Br)c1. The first-order valence-electron chi connectivity index (χ1n) is 9.95. The summed E-state index contributed by atoms with van der Waals surface area (Å²) in [6.07, 6.45) is 0.205. The van der Waals surface area contributed by atoms with Gasteiger partial charge in [0.2, 0.25) is 0 Å². The maximum Gasteiger partial charge on any atom is 0.337 e. The maximum atomic E-state index is 13.6. The summed E-state index contributed by atoms with van der Waals surface area (Å²) in [5, 5.41) is 3.25. The number of ketones is 1. The molecule has 1 aromatic carbocycles. The predicted octanol–water partition coefficient (Wildman–Crippen LogP) is 4.01. The van der Waals surface area contributed by atoms with Crippen LogP contribution >= 0.6 is 15.9 Å². The standard InChI is InChI=1S/C23H26BrNO5/c1-11(2)30-23(28)18-13(4)25-16-9-12(3)17(22(27)29-5)21(26)20(16)19(18)14-7-6-8-15(24)10-14/h6-8,10-12,17,19,25H,9H2,1-5H3/t12-,17+,19+/m1/s1. The first kappa shape index (κ1) is 22.3. The number of rotatable bonds is 4. The van der Waals surface area contributed by atoms with Crippen LogP contribution in [0.1, 0.15) is 45.6 Å². The van der Waals surface area contributed by atoms with Crippen LogP contribution < -0.4 is 5.32 Å². The Kier molecular flexibility index (Phi) is 6.50. The molecular formula is C23H26BrNO5. The van der Waals surface area contributed by atoms with Gasteiger partial charge in [-0.1, -0.05) is 35.0 Å². The van der Waals surface area contributed by atoms with Gasteiger partial charge in [-0.25, -0.2) is 4.79 Å². The number of Topliss-reactive ketones (excluding diaryl/α,β-unsaturated/α-hetero) is 1. The molecule has 1 aromatic rings. The highest BCUT2D eigenvalue weighted by Gasteiger charge is 2.47. The van der Waals surface area contributed by atoms with Gasteiger partial charge in [-0.3, -0.25) is 9.59 Å². The molecule has 0 amide bonds. The molecule has 1 aliphatic heterocycles. The van der Waals surface area contributed by atoms with Crippen molar-refractivity contribution in [2.45, 2.75) is 46.1 Å². The van der Waals surface area contributed by atoms with Gasteiger partial charge in [-0.05, 0) is 50.8 Å². The molecule has 1 heterocycles. The summed E-state index contributed by atoms with van der Waals surface area (Å²) in [6.45, 7) is 7.24. The molecule has 0 aromatic heterocycles. The van der Waals surface area contributed by atoms with Crippen molar-refractivity contribution < 1.29 is 23.9 Å². The van der Waals surface area contributed by atoms with Crippen LogP contribution in [0.15, 0.2) is 51.3 Å². The Morgan fingerprint density at radius 3 is 2.57 bits per heavy atom. The second-order valence-corrected chi connectivity index (χ2v) is 8.96. The van der Waals surface area contributed by atoms with Gasteiger partial charge in [0, 0.05) is 27.4 Å². The number of carbonyl (C=O) groups is 3. The molecule has 7 heteroatoms. The lowest BCUT2D eigenvalue weighted by Gasteiger charge is -2.38. The lowest BCUT2D eigenvalue weighted by Crippen LogP contribution is -2.43. The van der Waals surface area contributed by atoms with Crippen molar-refractivity contribution in [3.05, 3.63) is 56.8 Å². The Balaban J connectivity index is 2.19. The lowest BCUT2D eigenvalue weighted by molar-refractivity contribution is -0.151. The van der Waals surface area contributed by atoms with Gasteiger partial charge in [0.1, 0.15) is 5.92 Å². The third-order valence-corrected chi connectivity index (χ3v) is 5.98. The molecule has 0 unspecified atom stereocenters. The van der Waals surface area contributed by atoms with Gasteiger partial charge in [-0.15, -0.1) is 0 Å².